The van der Waals surface area contributed by atoms with Crippen molar-refractivity contribution in [2.75, 3.05) is 7.11 Å². The molecule has 1 N–H and O–H groups in total. The molecule has 0 saturated heterocycles. The van der Waals surface area contributed by atoms with Crippen LogP contribution in [-0.2, 0) is 13.2 Å². The summed E-state index contributed by atoms with van der Waals surface area (Å²) in [5.41, 5.74) is 1.79. The molecule has 1 heterocycles. The number of hydrogen-bond acceptors (Lipinski definition) is 5. The van der Waals surface area contributed by atoms with Crippen molar-refractivity contribution in [3.8, 4) is 23.1 Å². The van der Waals surface area contributed by atoms with E-state index in [1.807, 2.05) is 24.3 Å². The van der Waals surface area contributed by atoms with Crippen molar-refractivity contribution in [3.63, 3.8) is 0 Å². The number of para-hydroxylation sites is 1. The normalized spacial score (nSPS) is 10.1. The van der Waals surface area contributed by atoms with Crippen molar-refractivity contribution in [3.05, 3.63) is 30.0 Å². The van der Waals surface area contributed by atoms with Gasteiger partial charge in [-0.25, -0.2) is 4.68 Å². The number of benzene rings is 1. The molecule has 1 aromatic carbocycles. The molecule has 0 amide bonds. The van der Waals surface area contributed by atoms with Gasteiger partial charge in [-0.2, -0.15) is 5.26 Å². The number of aliphatic hydroxyl groups excluding tert-OH is 1. The summed E-state index contributed by atoms with van der Waals surface area (Å²) in [4.78, 5) is 0. The van der Waals surface area contributed by atoms with Gasteiger partial charge in [0, 0.05) is 5.56 Å². The molecule has 6 heteroatoms. The number of aromatic nitrogens is 3. The topological polar surface area (TPSA) is 84.0 Å². The molecule has 0 atom stereocenters. The maximum Gasteiger partial charge on any atom is 0.130 e. The molecule has 18 heavy (non-hydrogen) atoms. The zero-order valence-corrected chi connectivity index (χ0v) is 9.87. The fourth-order valence-corrected chi connectivity index (χ4v) is 1.77. The highest BCUT2D eigenvalue weighted by molar-refractivity contribution is 5.69. The highest BCUT2D eigenvalue weighted by Gasteiger charge is 2.17. The first-order chi connectivity index (χ1) is 8.81. The van der Waals surface area contributed by atoms with Crippen LogP contribution < -0.4 is 4.74 Å². The van der Waals surface area contributed by atoms with Gasteiger partial charge in [-0.15, -0.1) is 5.10 Å². The molecule has 6 nitrogen and oxygen atoms in total. The van der Waals surface area contributed by atoms with E-state index in [-0.39, 0.29) is 13.2 Å². The van der Waals surface area contributed by atoms with Gasteiger partial charge in [0.1, 0.15) is 18.0 Å². The van der Waals surface area contributed by atoms with Gasteiger partial charge in [0.25, 0.3) is 0 Å². The standard InChI is InChI=1S/C12H12N4O2/c1-18-11-5-3-2-4-9(11)12-10(8-17)14-15-16(12)7-6-13/h2-5,17H,7-8H2,1H3. The van der Waals surface area contributed by atoms with Crippen LogP contribution in [0.4, 0.5) is 0 Å². The Morgan fingerprint density at radius 2 is 2.22 bits per heavy atom. The zero-order chi connectivity index (χ0) is 13.0. The van der Waals surface area contributed by atoms with Gasteiger partial charge >= 0.3 is 0 Å². The van der Waals surface area contributed by atoms with Crippen LogP contribution in [0.2, 0.25) is 0 Å². The van der Waals surface area contributed by atoms with E-state index < -0.39 is 0 Å². The summed E-state index contributed by atoms with van der Waals surface area (Å²) < 4.78 is 6.72. The minimum atomic E-state index is -0.237. The third-order valence-corrected chi connectivity index (χ3v) is 2.54. The largest absolute Gasteiger partial charge is 0.496 e. The smallest absolute Gasteiger partial charge is 0.130 e. The van der Waals surface area contributed by atoms with E-state index in [2.05, 4.69) is 10.3 Å². The van der Waals surface area contributed by atoms with E-state index in [4.69, 9.17) is 10.00 Å². The highest BCUT2D eigenvalue weighted by Crippen LogP contribution is 2.31. The summed E-state index contributed by atoms with van der Waals surface area (Å²) in [5, 5.41) is 25.8. The maximum atomic E-state index is 9.29. The second-order valence-corrected chi connectivity index (χ2v) is 3.56. The van der Waals surface area contributed by atoms with E-state index >= 15 is 0 Å². The molecule has 0 radical (unpaired) electrons. The molecule has 0 spiro atoms. The second kappa shape index (κ2) is 5.29. The lowest BCUT2D eigenvalue weighted by atomic mass is 10.1. The molecule has 0 aliphatic rings. The highest BCUT2D eigenvalue weighted by atomic mass is 16.5. The average Bonchev–Trinajstić information content (AvgIpc) is 2.82. The summed E-state index contributed by atoms with van der Waals surface area (Å²) in [7, 11) is 1.57. The number of methoxy groups -OCH3 is 1. The van der Waals surface area contributed by atoms with Gasteiger partial charge < -0.3 is 9.84 Å². The molecule has 0 bridgehead atoms. The van der Waals surface area contributed by atoms with Crippen molar-refractivity contribution in [1.29, 1.82) is 5.26 Å². The lowest BCUT2D eigenvalue weighted by molar-refractivity contribution is 0.277. The van der Waals surface area contributed by atoms with Gasteiger partial charge in [-0.1, -0.05) is 17.3 Å². The van der Waals surface area contributed by atoms with Crippen molar-refractivity contribution >= 4 is 0 Å². The van der Waals surface area contributed by atoms with Gasteiger partial charge in [0.2, 0.25) is 0 Å². The summed E-state index contributed by atoms with van der Waals surface area (Å²) in [6, 6.07) is 9.35. The molecule has 0 aliphatic carbocycles. The van der Waals surface area contributed by atoms with Gasteiger partial charge in [0.05, 0.1) is 25.5 Å². The number of rotatable bonds is 4. The number of aliphatic hydroxyl groups is 1. The van der Waals surface area contributed by atoms with Gasteiger partial charge in [-0.05, 0) is 12.1 Å². The lowest BCUT2D eigenvalue weighted by Crippen LogP contribution is -2.02. The Morgan fingerprint density at radius 1 is 1.44 bits per heavy atom. The van der Waals surface area contributed by atoms with Crippen molar-refractivity contribution < 1.29 is 9.84 Å². The molecule has 0 unspecified atom stereocenters. The predicted molar refractivity (Wildman–Crippen MR) is 63.5 cm³/mol. The Morgan fingerprint density at radius 3 is 2.89 bits per heavy atom. The number of hydrogen-bond donors (Lipinski definition) is 1. The minimum absolute atomic E-state index is 0.0698. The Balaban J connectivity index is 2.61. The van der Waals surface area contributed by atoms with Crippen LogP contribution in [0.1, 0.15) is 5.69 Å². The molecule has 2 rings (SSSR count). The summed E-state index contributed by atoms with van der Waals surface area (Å²) >= 11 is 0. The minimum Gasteiger partial charge on any atom is -0.496 e. The van der Waals surface area contributed by atoms with E-state index in [1.165, 1.54) is 4.68 Å². The molecule has 92 valence electrons. The van der Waals surface area contributed by atoms with Crippen LogP contribution in [-0.4, -0.2) is 27.2 Å². The third-order valence-electron chi connectivity index (χ3n) is 2.54. The van der Waals surface area contributed by atoms with Crippen molar-refractivity contribution in [1.82, 2.24) is 15.0 Å². The fraction of sp³-hybridized carbons (Fsp3) is 0.250. The van der Waals surface area contributed by atoms with Crippen LogP contribution in [0.3, 0.4) is 0 Å². The zero-order valence-electron chi connectivity index (χ0n) is 9.87. The Kier molecular flexibility index (Phi) is 3.55. The Labute approximate surface area is 104 Å². The SMILES string of the molecule is COc1ccccc1-c1c(CO)nnn1CC#N. The maximum absolute atomic E-state index is 9.29. The average molecular weight is 244 g/mol. The number of nitrogens with zero attached hydrogens (tertiary/aromatic N) is 4. The monoisotopic (exact) mass is 244 g/mol. The summed E-state index contributed by atoms with van der Waals surface area (Å²) in [6.45, 7) is -0.167. The van der Waals surface area contributed by atoms with Crippen LogP contribution in [0.5, 0.6) is 5.75 Å². The van der Waals surface area contributed by atoms with Crippen LogP contribution in [0.25, 0.3) is 11.3 Å². The third kappa shape index (κ3) is 2.04. The first-order valence-corrected chi connectivity index (χ1v) is 5.35. The molecular weight excluding hydrogens is 232 g/mol. The van der Waals surface area contributed by atoms with Crippen molar-refractivity contribution in [2.45, 2.75) is 13.2 Å². The quantitative estimate of drug-likeness (QED) is 0.866. The van der Waals surface area contributed by atoms with E-state index in [0.29, 0.717) is 17.1 Å². The molecule has 1 aromatic heterocycles. The summed E-state index contributed by atoms with van der Waals surface area (Å²) in [6.07, 6.45) is 0. The first-order valence-electron chi connectivity index (χ1n) is 5.35. The Bertz CT molecular complexity index is 586. The molecule has 0 aliphatic heterocycles. The fourth-order valence-electron chi connectivity index (χ4n) is 1.77. The Hall–Kier alpha value is -2.39. The van der Waals surface area contributed by atoms with E-state index in [9.17, 15) is 5.11 Å². The number of nitriles is 1. The first kappa shape index (κ1) is 12.1. The van der Waals surface area contributed by atoms with E-state index in [1.54, 1.807) is 13.2 Å². The van der Waals surface area contributed by atoms with Gasteiger partial charge in [-0.3, -0.25) is 0 Å². The number of ether oxygens (including phenoxy) is 1. The predicted octanol–water partition coefficient (Wildman–Crippen LogP) is 0.970. The molecule has 0 saturated carbocycles. The van der Waals surface area contributed by atoms with Crippen LogP contribution in [0, 0.1) is 11.3 Å². The molecule has 2 aromatic rings. The van der Waals surface area contributed by atoms with E-state index in [0.717, 1.165) is 5.56 Å². The summed E-state index contributed by atoms with van der Waals surface area (Å²) in [5.74, 6) is 0.647. The van der Waals surface area contributed by atoms with Crippen LogP contribution in [0.15, 0.2) is 24.3 Å². The van der Waals surface area contributed by atoms with Gasteiger partial charge in [0.15, 0.2) is 0 Å². The molecular formula is C12H12N4O2. The van der Waals surface area contributed by atoms with Crippen LogP contribution >= 0.6 is 0 Å². The lowest BCUT2D eigenvalue weighted by Gasteiger charge is -2.09. The van der Waals surface area contributed by atoms with Crippen molar-refractivity contribution in [2.24, 2.45) is 0 Å². The second-order valence-electron chi connectivity index (χ2n) is 3.56. The molecule has 0 fully saturated rings.